The molecule has 2 aromatic rings. The van der Waals surface area contributed by atoms with E-state index in [9.17, 15) is 0 Å². The van der Waals surface area contributed by atoms with Crippen molar-refractivity contribution < 1.29 is 16.5 Å². The largest absolute Gasteiger partial charge is 2.00 e. The van der Waals surface area contributed by atoms with E-state index in [-0.39, 0.29) is 16.5 Å². The van der Waals surface area contributed by atoms with Crippen molar-refractivity contribution in [2.24, 2.45) is 0 Å². The molecule has 0 spiro atoms. The van der Waals surface area contributed by atoms with Crippen molar-refractivity contribution in [1.29, 1.82) is 0 Å². The summed E-state index contributed by atoms with van der Waals surface area (Å²) in [6, 6.07) is 17.6. The van der Waals surface area contributed by atoms with Gasteiger partial charge in [0, 0.05) is 19.8 Å². The second kappa shape index (κ2) is 10.7. The summed E-state index contributed by atoms with van der Waals surface area (Å²) in [6.07, 6.45) is 0. The average Bonchev–Trinajstić information content (AvgIpc) is 2.48. The zero-order chi connectivity index (χ0) is 14.1. The van der Waals surface area contributed by atoms with Gasteiger partial charge in [0.2, 0.25) is 0 Å². The molecule has 0 aliphatic heterocycles. The fraction of sp³-hybridized carbons (Fsp3) is 0.125. The summed E-state index contributed by atoms with van der Waals surface area (Å²) in [7, 11) is 4.02. The molecule has 106 valence electrons. The van der Waals surface area contributed by atoms with Gasteiger partial charge in [0.05, 0.1) is 0 Å². The van der Waals surface area contributed by atoms with Crippen LogP contribution >= 0.6 is 24.4 Å². The van der Waals surface area contributed by atoms with Gasteiger partial charge in [-0.3, -0.25) is 0 Å². The molecule has 1 nitrogen and oxygen atoms in total. The summed E-state index contributed by atoms with van der Waals surface area (Å²) in [5.74, 6) is 0. The number of benzene rings is 2. The maximum Gasteiger partial charge on any atom is 2.00 e. The Hall–Kier alpha value is -1.09. The first-order chi connectivity index (χ1) is 9.17. The summed E-state index contributed by atoms with van der Waals surface area (Å²) in [5.41, 5.74) is 3.12. The van der Waals surface area contributed by atoms with Gasteiger partial charge in [-0.2, -0.15) is 59.8 Å². The van der Waals surface area contributed by atoms with Crippen molar-refractivity contribution >= 4 is 40.9 Å². The molecular weight excluding hydrogens is 329 g/mol. The second-order valence-corrected chi connectivity index (χ2v) is 4.42. The molecule has 0 aromatic heterocycles. The molecule has 20 heavy (non-hydrogen) atoms. The molecule has 2 rings (SSSR count). The van der Waals surface area contributed by atoms with E-state index in [2.05, 4.69) is 35.2 Å². The van der Waals surface area contributed by atoms with Gasteiger partial charge in [0.25, 0.3) is 0 Å². The van der Waals surface area contributed by atoms with Crippen molar-refractivity contribution in [1.82, 2.24) is 0 Å². The molecule has 4 heteroatoms. The number of anilines is 1. The molecule has 0 unspecified atom stereocenters. The standard InChI is InChI=1S/C9H10NS.C7H5S.Ni/c1-10(2)9-5-3-8(7-11)4-6-9;8-6-7-4-2-1-3-5-7;/h3-6H,1-2H3;1-5H;/q2*-1;+2. The van der Waals surface area contributed by atoms with E-state index in [1.807, 2.05) is 73.6 Å². The van der Waals surface area contributed by atoms with Gasteiger partial charge >= 0.3 is 16.5 Å². The van der Waals surface area contributed by atoms with Crippen molar-refractivity contribution in [2.45, 2.75) is 0 Å². The van der Waals surface area contributed by atoms with Crippen LogP contribution in [-0.2, 0) is 16.5 Å². The monoisotopic (exact) mass is 343 g/mol. The predicted octanol–water partition coefficient (Wildman–Crippen LogP) is 3.89. The second-order valence-electron chi connectivity index (χ2n) is 4.01. The number of hydrogen-bond donors (Lipinski definition) is 0. The van der Waals surface area contributed by atoms with Crippen LogP contribution in [0.25, 0.3) is 0 Å². The fourth-order valence-corrected chi connectivity index (χ4v) is 1.61. The Bertz CT molecular complexity index is 510. The molecular formula is C16H15NNiS2. The van der Waals surface area contributed by atoms with E-state index in [1.165, 1.54) is 5.69 Å². The van der Waals surface area contributed by atoms with Crippen LogP contribution in [0.2, 0.25) is 0 Å². The van der Waals surface area contributed by atoms with E-state index in [4.69, 9.17) is 0 Å². The normalized spacial score (nSPS) is 8.50. The number of hydrogen-bond acceptors (Lipinski definition) is 3. The zero-order valence-electron chi connectivity index (χ0n) is 11.3. The minimum Gasteiger partial charge on any atom is -0.379 e. The van der Waals surface area contributed by atoms with Crippen molar-refractivity contribution in [3.05, 3.63) is 65.7 Å². The first-order valence-electron chi connectivity index (χ1n) is 5.76. The molecule has 0 heterocycles. The minimum atomic E-state index is 0. The van der Waals surface area contributed by atoms with Crippen molar-refractivity contribution in [3.8, 4) is 0 Å². The third-order valence-corrected chi connectivity index (χ3v) is 2.86. The van der Waals surface area contributed by atoms with E-state index in [1.54, 1.807) is 0 Å². The summed E-state index contributed by atoms with van der Waals surface area (Å²) in [6.45, 7) is 0. The molecule has 0 aliphatic carbocycles. The first-order valence-corrected chi connectivity index (χ1v) is 6.57. The molecule has 0 amide bonds. The molecule has 2 aromatic carbocycles. The average molecular weight is 344 g/mol. The molecule has 0 atom stereocenters. The minimum absolute atomic E-state index is 0. The van der Waals surface area contributed by atoms with E-state index >= 15 is 0 Å². The van der Waals surface area contributed by atoms with Gasteiger partial charge in [0.15, 0.2) is 0 Å². The van der Waals surface area contributed by atoms with Crippen LogP contribution in [0.15, 0.2) is 54.6 Å². The Morgan fingerprint density at radius 2 is 1.20 bits per heavy atom. The number of rotatable bonds is 3. The molecule has 0 aliphatic rings. The Kier molecular flexibility index (Phi) is 10.1. The smallest absolute Gasteiger partial charge is 0.379 e. The first kappa shape index (κ1) is 18.9. The summed E-state index contributed by atoms with van der Waals surface area (Å²) >= 11 is 9.23. The summed E-state index contributed by atoms with van der Waals surface area (Å²) in [5, 5.41) is 5.27. The summed E-state index contributed by atoms with van der Waals surface area (Å²) in [4.78, 5) is 2.05. The maximum absolute atomic E-state index is 4.66. The van der Waals surface area contributed by atoms with E-state index in [0.29, 0.717) is 0 Å². The third-order valence-electron chi connectivity index (χ3n) is 2.39. The molecule has 0 fully saturated rings. The molecule has 0 bridgehead atoms. The SMILES string of the molecule is CN(C)c1ccc([C-]=S)cc1.S=[C-]c1ccccc1.[Ni+2]. The van der Waals surface area contributed by atoms with Gasteiger partial charge < -0.3 is 4.90 Å². The maximum atomic E-state index is 4.66. The van der Waals surface area contributed by atoms with Gasteiger partial charge in [-0.1, -0.05) is 18.2 Å². The molecule has 0 N–H and O–H groups in total. The van der Waals surface area contributed by atoms with E-state index in [0.717, 1.165) is 11.1 Å². The van der Waals surface area contributed by atoms with Crippen LogP contribution in [-0.4, -0.2) is 24.8 Å². The van der Waals surface area contributed by atoms with Crippen LogP contribution in [0.4, 0.5) is 5.69 Å². The molecule has 0 saturated carbocycles. The van der Waals surface area contributed by atoms with Crippen LogP contribution in [0.5, 0.6) is 0 Å². The van der Waals surface area contributed by atoms with Gasteiger partial charge in [-0.05, 0) is 0 Å². The van der Waals surface area contributed by atoms with Crippen LogP contribution in [0.1, 0.15) is 11.1 Å². The van der Waals surface area contributed by atoms with Crippen LogP contribution in [0, 0.1) is 0 Å². The predicted molar refractivity (Wildman–Crippen MR) is 90.6 cm³/mol. The zero-order valence-corrected chi connectivity index (χ0v) is 13.9. The van der Waals surface area contributed by atoms with Crippen molar-refractivity contribution in [2.75, 3.05) is 19.0 Å². The van der Waals surface area contributed by atoms with Gasteiger partial charge in [0.1, 0.15) is 0 Å². The van der Waals surface area contributed by atoms with Gasteiger partial charge in [-0.25, -0.2) is 0 Å². The topological polar surface area (TPSA) is 3.24 Å². The van der Waals surface area contributed by atoms with E-state index < -0.39 is 0 Å². The van der Waals surface area contributed by atoms with Crippen molar-refractivity contribution in [3.63, 3.8) is 0 Å². The quantitative estimate of drug-likeness (QED) is 0.473. The Morgan fingerprint density at radius 1 is 0.750 bits per heavy atom. The molecule has 0 radical (unpaired) electrons. The van der Waals surface area contributed by atoms with Crippen LogP contribution < -0.4 is 4.90 Å². The van der Waals surface area contributed by atoms with Gasteiger partial charge in [-0.15, -0.1) is 22.9 Å². The molecule has 0 saturated heterocycles. The summed E-state index contributed by atoms with van der Waals surface area (Å²) < 4.78 is 0. The Morgan fingerprint density at radius 3 is 1.55 bits per heavy atom. The van der Waals surface area contributed by atoms with Crippen LogP contribution in [0.3, 0.4) is 0 Å². The number of thiocarbonyl (C=S) groups is 2. The third kappa shape index (κ3) is 6.90. The number of nitrogens with zero attached hydrogens (tertiary/aromatic N) is 1. The fourth-order valence-electron chi connectivity index (χ4n) is 1.33. The Labute approximate surface area is 141 Å². The Balaban J connectivity index is 0.000000359.